The van der Waals surface area contributed by atoms with Gasteiger partial charge in [0.1, 0.15) is 11.9 Å². The first kappa shape index (κ1) is 15.5. The van der Waals surface area contributed by atoms with E-state index in [0.29, 0.717) is 24.1 Å². The van der Waals surface area contributed by atoms with Crippen LogP contribution in [0.1, 0.15) is 44.2 Å². The van der Waals surface area contributed by atoms with E-state index in [-0.39, 0.29) is 28.6 Å². The zero-order chi connectivity index (χ0) is 25.5. The van der Waals surface area contributed by atoms with Gasteiger partial charge in [-0.2, -0.15) is 5.10 Å². The Morgan fingerprint density at radius 3 is 3.07 bits per heavy atom. The van der Waals surface area contributed by atoms with E-state index in [1.807, 2.05) is 0 Å². The lowest BCUT2D eigenvalue weighted by molar-refractivity contribution is 0.227. The number of ether oxygens (including phenoxy) is 1. The maximum Gasteiger partial charge on any atom is 0.166 e. The van der Waals surface area contributed by atoms with Gasteiger partial charge in [-0.3, -0.25) is 4.68 Å². The van der Waals surface area contributed by atoms with Crippen molar-refractivity contribution >= 4 is 29.0 Å². The summed E-state index contributed by atoms with van der Waals surface area (Å²) in [5, 5.41) is 6.77. The van der Waals surface area contributed by atoms with Crippen molar-refractivity contribution in [3.8, 4) is 16.9 Å². The molecule has 158 valence electrons. The zero-order valence-electron chi connectivity index (χ0n) is 20.7. The number of piperidine rings is 1. The molecule has 1 aromatic carbocycles. The van der Waals surface area contributed by atoms with E-state index in [0.717, 1.165) is 6.07 Å². The zero-order valence-corrected chi connectivity index (χ0v) is 17.2. The lowest BCUT2D eigenvalue weighted by Gasteiger charge is -2.22. The molecule has 1 fully saturated rings. The van der Waals surface area contributed by atoms with Crippen molar-refractivity contribution in [1.29, 1.82) is 0 Å². The van der Waals surface area contributed by atoms with Gasteiger partial charge in [0.2, 0.25) is 0 Å². The van der Waals surface area contributed by atoms with Crippen LogP contribution in [0, 0.1) is 5.82 Å². The summed E-state index contributed by atoms with van der Waals surface area (Å²) in [5.41, 5.74) is 6.82. The van der Waals surface area contributed by atoms with Crippen LogP contribution in [0.5, 0.6) is 5.75 Å². The molecule has 0 aliphatic carbocycles. The smallest absolute Gasteiger partial charge is 0.166 e. The van der Waals surface area contributed by atoms with E-state index in [1.165, 1.54) is 29.2 Å². The van der Waals surface area contributed by atoms with E-state index >= 15 is 0 Å². The highest BCUT2D eigenvalue weighted by molar-refractivity contribution is 6.36. The lowest BCUT2D eigenvalue weighted by atomic mass is 10.1. The second kappa shape index (κ2) is 8.79. The molecule has 2 aromatic heterocycles. The van der Waals surface area contributed by atoms with Crippen molar-refractivity contribution in [3.05, 3.63) is 58.2 Å². The molecule has 0 bridgehead atoms. The number of nitrogens with zero attached hydrogens (tertiary/aromatic N) is 3. The molecule has 30 heavy (non-hydrogen) atoms. The minimum atomic E-state index is -2.77. The molecule has 2 unspecified atom stereocenters. The average Bonchev–Trinajstić information content (AvgIpc) is 3.27. The fourth-order valence-electron chi connectivity index (χ4n) is 3.14. The molecule has 3 atom stereocenters. The van der Waals surface area contributed by atoms with Crippen LogP contribution in [0.4, 0.5) is 10.2 Å². The number of aromatic nitrogens is 3. The summed E-state index contributed by atoms with van der Waals surface area (Å²) < 4.78 is 61.8. The molecule has 3 heterocycles. The van der Waals surface area contributed by atoms with Crippen LogP contribution in [-0.4, -0.2) is 27.8 Å². The standard InChI is InChI=1S/C21H22Cl2FN5O/c1-12(19-16(22)2-3-17(24)20(19)23)30-18-8-13(9-27-21(18)25)14-10-28-29(11-14)15-4-6-26-7-5-15/h2-3,8-12,15,26H,4-7H2,1H3,(H2,25,27)/t12-/m1/s1/i1D3,6D,15D/t6?,12-,15?. The third-order valence-corrected chi connectivity index (χ3v) is 5.46. The quantitative estimate of drug-likeness (QED) is 0.528. The van der Waals surface area contributed by atoms with E-state index in [1.54, 1.807) is 6.20 Å². The van der Waals surface area contributed by atoms with Crippen molar-refractivity contribution in [2.75, 3.05) is 18.8 Å². The molecule has 0 radical (unpaired) electrons. The second-order valence-corrected chi connectivity index (χ2v) is 7.50. The predicted octanol–water partition coefficient (Wildman–Crippen LogP) is 5.04. The van der Waals surface area contributed by atoms with Crippen molar-refractivity contribution in [1.82, 2.24) is 20.1 Å². The molecular weight excluding hydrogens is 428 g/mol. The van der Waals surface area contributed by atoms with Crippen molar-refractivity contribution in [2.24, 2.45) is 0 Å². The number of halogens is 3. The third-order valence-electron chi connectivity index (χ3n) is 4.75. The molecule has 1 aliphatic rings. The Kier molecular flexibility index (Phi) is 4.53. The maximum absolute atomic E-state index is 14.1. The van der Waals surface area contributed by atoms with Gasteiger partial charge in [-0.1, -0.05) is 23.2 Å². The van der Waals surface area contributed by atoms with Gasteiger partial charge in [0.25, 0.3) is 0 Å². The van der Waals surface area contributed by atoms with Gasteiger partial charge in [-0.15, -0.1) is 0 Å². The van der Waals surface area contributed by atoms with E-state index in [9.17, 15) is 4.39 Å². The first-order chi connectivity index (χ1) is 16.4. The number of rotatable bonds is 5. The number of benzene rings is 1. The molecule has 0 saturated carbocycles. The fraction of sp³-hybridized carbons (Fsp3) is 0.333. The summed E-state index contributed by atoms with van der Waals surface area (Å²) >= 11 is 12.2. The highest BCUT2D eigenvalue weighted by Gasteiger charge is 2.21. The summed E-state index contributed by atoms with van der Waals surface area (Å²) in [5.74, 6) is -0.999. The Hall–Kier alpha value is -2.35. The largest absolute Gasteiger partial charge is 0.482 e. The molecule has 6 nitrogen and oxygen atoms in total. The average molecular weight is 455 g/mol. The first-order valence-electron chi connectivity index (χ1n) is 11.7. The Balaban J connectivity index is 1.69. The van der Waals surface area contributed by atoms with Gasteiger partial charge in [0.15, 0.2) is 11.6 Å². The summed E-state index contributed by atoms with van der Waals surface area (Å²) in [6, 6.07) is 2.64. The molecule has 1 aliphatic heterocycles. The topological polar surface area (TPSA) is 78.0 Å². The molecule has 9 heteroatoms. The summed E-state index contributed by atoms with van der Waals surface area (Å²) in [6.45, 7) is -2.81. The van der Waals surface area contributed by atoms with Crippen molar-refractivity contribution < 1.29 is 16.0 Å². The van der Waals surface area contributed by atoms with Crippen LogP contribution in [0.2, 0.25) is 10.0 Å². The van der Waals surface area contributed by atoms with Gasteiger partial charge in [0, 0.05) is 39.6 Å². The molecule has 1 saturated heterocycles. The number of nitrogens with two attached hydrogens (primary N) is 1. The van der Waals surface area contributed by atoms with Gasteiger partial charge in [-0.25, -0.2) is 9.37 Å². The number of pyridine rings is 1. The van der Waals surface area contributed by atoms with Gasteiger partial charge in [0.05, 0.1) is 18.6 Å². The predicted molar refractivity (Wildman–Crippen MR) is 116 cm³/mol. The molecule has 4 rings (SSSR count). The summed E-state index contributed by atoms with van der Waals surface area (Å²) in [6.07, 6.45) is 3.67. The maximum atomic E-state index is 14.1. The molecule has 3 N–H and O–H groups in total. The highest BCUT2D eigenvalue weighted by atomic mass is 35.5. The van der Waals surface area contributed by atoms with Crippen LogP contribution >= 0.6 is 23.2 Å². The van der Waals surface area contributed by atoms with Gasteiger partial charge < -0.3 is 15.8 Å². The minimum absolute atomic E-state index is 0.0681. The fourth-order valence-corrected chi connectivity index (χ4v) is 3.71. The van der Waals surface area contributed by atoms with Gasteiger partial charge >= 0.3 is 0 Å². The monoisotopic (exact) mass is 454 g/mol. The van der Waals surface area contributed by atoms with Crippen molar-refractivity contribution in [3.63, 3.8) is 0 Å². The number of hydrogen-bond acceptors (Lipinski definition) is 5. The summed E-state index contributed by atoms with van der Waals surface area (Å²) in [4.78, 5) is 4.10. The van der Waals surface area contributed by atoms with Crippen molar-refractivity contribution in [2.45, 2.75) is 31.8 Å². The number of nitrogen functional groups attached to an aromatic ring is 1. The van der Waals surface area contributed by atoms with Crippen LogP contribution in [0.15, 0.2) is 36.8 Å². The van der Waals surface area contributed by atoms with Crippen LogP contribution in [0.3, 0.4) is 0 Å². The Labute approximate surface area is 191 Å². The van der Waals surface area contributed by atoms with Crippen LogP contribution < -0.4 is 15.8 Å². The number of anilines is 1. The van der Waals surface area contributed by atoms with E-state index in [4.69, 9.17) is 40.5 Å². The van der Waals surface area contributed by atoms with Gasteiger partial charge in [-0.05, 0) is 51.0 Å². The number of hydrogen-bond donors (Lipinski definition) is 2. The highest BCUT2D eigenvalue weighted by Crippen LogP contribution is 2.37. The summed E-state index contributed by atoms with van der Waals surface area (Å²) in [7, 11) is 0. The van der Waals surface area contributed by atoms with E-state index in [2.05, 4.69) is 15.4 Å². The third kappa shape index (κ3) is 4.24. The molecule has 0 amide bonds. The molecule has 3 aromatic rings. The number of nitrogens with one attached hydrogen (secondary N) is 1. The Morgan fingerprint density at radius 2 is 2.27 bits per heavy atom. The molecular formula is C21H22Cl2FN5O. The second-order valence-electron chi connectivity index (χ2n) is 6.71. The SMILES string of the molecule is [2H]C1CC([2H])(n2cc(-c3cnc(N)c(O[C@@H](c4c(Cl)ccc(F)c4Cl)C([2H])([2H])[2H])c3)cn2)CCN1. The Morgan fingerprint density at radius 1 is 1.40 bits per heavy atom. The Bertz CT molecular complexity index is 1240. The van der Waals surface area contributed by atoms with Crippen LogP contribution in [0.25, 0.3) is 11.1 Å². The normalized spacial score (nSPS) is 25.4. The first-order valence-corrected chi connectivity index (χ1v) is 9.91. The van der Waals surface area contributed by atoms with E-state index < -0.39 is 36.3 Å². The molecule has 0 spiro atoms. The minimum Gasteiger partial charge on any atom is -0.482 e. The van der Waals surface area contributed by atoms with Crippen LogP contribution in [-0.2, 0) is 0 Å². The lowest BCUT2D eigenvalue weighted by Crippen LogP contribution is -2.29.